The van der Waals surface area contributed by atoms with Crippen molar-refractivity contribution in [3.63, 3.8) is 0 Å². The summed E-state index contributed by atoms with van der Waals surface area (Å²) < 4.78 is 48.3. The van der Waals surface area contributed by atoms with E-state index in [1.54, 1.807) is 36.4 Å². The molecule has 71 heavy (non-hydrogen) atoms. The molecule has 0 saturated heterocycles. The molecule has 4 amide bonds. The Balaban J connectivity index is 1.19. The van der Waals surface area contributed by atoms with Crippen LogP contribution in [0, 0.1) is 20.2 Å². The highest BCUT2D eigenvalue weighted by Gasteiger charge is 2.56. The van der Waals surface area contributed by atoms with Gasteiger partial charge in [0.25, 0.3) is 33.3 Å². The minimum Gasteiger partial charge on any atom is -0.444 e. The lowest BCUT2D eigenvalue weighted by molar-refractivity contribution is -0.386. The molecule has 1 spiro atoms. The van der Waals surface area contributed by atoms with Gasteiger partial charge < -0.3 is 24.8 Å². The molecule has 368 valence electrons. The lowest BCUT2D eigenvalue weighted by Gasteiger charge is -2.44. The summed E-state index contributed by atoms with van der Waals surface area (Å²) in [7, 11) is -7.41. The molecule has 2 heterocycles. The van der Waals surface area contributed by atoms with Gasteiger partial charge in [-0.25, -0.2) is 14.4 Å². The van der Waals surface area contributed by atoms with Crippen LogP contribution in [-0.4, -0.2) is 85.5 Å². The van der Waals surface area contributed by atoms with Gasteiger partial charge in [0.05, 0.1) is 32.3 Å². The second-order valence-corrected chi connectivity index (χ2v) is 22.8. The van der Waals surface area contributed by atoms with E-state index in [2.05, 4.69) is 21.3 Å². The number of hydrogen-bond acceptors (Lipinski definition) is 15. The van der Waals surface area contributed by atoms with E-state index in [-0.39, 0.29) is 50.7 Å². The third kappa shape index (κ3) is 10.5. The molecule has 0 aromatic heterocycles. The Morgan fingerprint density at radius 3 is 1.62 bits per heavy atom. The largest absolute Gasteiger partial charge is 0.444 e. The predicted molar refractivity (Wildman–Crippen MR) is 257 cm³/mol. The Morgan fingerprint density at radius 2 is 1.17 bits per heavy atom. The normalized spacial score (nSPS) is 15.0. The van der Waals surface area contributed by atoms with Crippen LogP contribution in [0.2, 0.25) is 13.1 Å². The molecule has 5 aromatic carbocycles. The van der Waals surface area contributed by atoms with Crippen molar-refractivity contribution in [2.45, 2.75) is 52.2 Å². The molecule has 0 bridgehead atoms. The fourth-order valence-electron chi connectivity index (χ4n) is 8.44. The Morgan fingerprint density at radius 1 is 0.690 bits per heavy atom. The average Bonchev–Trinajstić information content (AvgIpc) is 3.61. The number of ether oxygens (including phenoxy) is 3. The number of amides is 4. The zero-order chi connectivity index (χ0) is 51.6. The number of Topliss-reactive ketones (excluding diaryl/α,β-unsaturated/α-hetero) is 1. The second-order valence-electron chi connectivity index (χ2n) is 16.9. The van der Waals surface area contributed by atoms with Gasteiger partial charge in [-0.3, -0.25) is 49.8 Å². The number of ketones is 1. The van der Waals surface area contributed by atoms with Crippen LogP contribution in [0.4, 0.5) is 32.3 Å². The van der Waals surface area contributed by atoms with Gasteiger partial charge in [-0.15, -0.1) is 0 Å². The highest BCUT2D eigenvalue weighted by Crippen LogP contribution is 2.49. The number of fused-ring (bicyclic) bond motifs is 6. The maximum absolute atomic E-state index is 13.8. The van der Waals surface area contributed by atoms with E-state index in [4.69, 9.17) is 18.8 Å². The Labute approximate surface area is 405 Å². The van der Waals surface area contributed by atoms with E-state index in [1.807, 2.05) is 20.0 Å². The van der Waals surface area contributed by atoms with Crippen LogP contribution in [0.1, 0.15) is 89.5 Å². The first kappa shape index (κ1) is 50.5. The summed E-state index contributed by atoms with van der Waals surface area (Å²) in [5, 5.41) is 35.2. The van der Waals surface area contributed by atoms with Gasteiger partial charge in [0.15, 0.2) is 11.4 Å². The number of anilines is 2. The molecule has 2 aliphatic rings. The quantitative estimate of drug-likeness (QED) is 0.0154. The molecule has 7 rings (SSSR count). The van der Waals surface area contributed by atoms with E-state index in [0.29, 0.717) is 45.6 Å². The number of hydrogen-bond donors (Lipinski definition) is 5. The number of nitro groups is 2. The third-order valence-corrected chi connectivity index (χ3v) is 16.1. The van der Waals surface area contributed by atoms with Crippen LogP contribution in [-0.2, 0) is 43.1 Å². The second kappa shape index (κ2) is 19.9. The Kier molecular flexibility index (Phi) is 14.2. The molecule has 22 nitrogen and oxygen atoms in total. The first-order valence-corrected chi connectivity index (χ1v) is 26.3. The van der Waals surface area contributed by atoms with Crippen molar-refractivity contribution in [2.24, 2.45) is 0 Å². The van der Waals surface area contributed by atoms with Crippen molar-refractivity contribution in [2.75, 3.05) is 29.5 Å². The summed E-state index contributed by atoms with van der Waals surface area (Å²) in [6.07, 6.45) is -1.39. The molecular formula is C47H44N6O16SSi. The minimum atomic E-state index is -4.38. The monoisotopic (exact) mass is 1010 g/mol. The van der Waals surface area contributed by atoms with Gasteiger partial charge in [-0.1, -0.05) is 38.2 Å². The number of nitro benzene ring substituents is 2. The van der Waals surface area contributed by atoms with Gasteiger partial charge in [0.1, 0.15) is 21.3 Å². The average molecular weight is 1010 g/mol. The van der Waals surface area contributed by atoms with Gasteiger partial charge >= 0.3 is 18.2 Å². The number of nitrogens with one attached hydrogen (secondary N) is 4. The predicted octanol–water partition coefficient (Wildman–Crippen LogP) is 5.56. The summed E-state index contributed by atoms with van der Waals surface area (Å²) in [6.45, 7) is 5.87. The maximum Gasteiger partial charge on any atom is 0.411 e. The van der Waals surface area contributed by atoms with E-state index in [1.165, 1.54) is 37.3 Å². The van der Waals surface area contributed by atoms with Crippen molar-refractivity contribution in [3.05, 3.63) is 161 Å². The number of nitrogens with zero attached hydrogens (tertiary/aromatic N) is 2. The zero-order valence-electron chi connectivity index (χ0n) is 38.3. The van der Waals surface area contributed by atoms with Crippen molar-refractivity contribution in [1.82, 2.24) is 10.6 Å². The van der Waals surface area contributed by atoms with Crippen LogP contribution in [0.5, 0.6) is 0 Å². The van der Waals surface area contributed by atoms with E-state index in [9.17, 15) is 57.4 Å². The zero-order valence-corrected chi connectivity index (χ0v) is 40.1. The van der Waals surface area contributed by atoms with Crippen molar-refractivity contribution >= 4 is 87.1 Å². The van der Waals surface area contributed by atoms with Crippen molar-refractivity contribution in [3.8, 4) is 0 Å². The molecule has 24 heteroatoms. The molecule has 2 aliphatic heterocycles. The number of rotatable bonds is 16. The van der Waals surface area contributed by atoms with Crippen LogP contribution in [0.3, 0.4) is 0 Å². The van der Waals surface area contributed by atoms with E-state index >= 15 is 0 Å². The molecule has 5 N–H and O–H groups in total. The Hall–Kier alpha value is -8.35. The lowest BCUT2D eigenvalue weighted by Crippen LogP contribution is -2.63. The highest BCUT2D eigenvalue weighted by atomic mass is 32.2. The number of esters is 1. The molecule has 0 saturated carbocycles. The maximum atomic E-state index is 13.8. The Bertz CT molecular complexity index is 3220. The fraction of sp³-hybridized carbons (Fsp3) is 0.234. The van der Waals surface area contributed by atoms with E-state index < -0.39 is 94.8 Å². The first-order valence-electron chi connectivity index (χ1n) is 21.7. The molecule has 0 radical (unpaired) electrons. The minimum absolute atomic E-state index is 0.0276. The lowest BCUT2D eigenvalue weighted by atomic mass is 9.78. The van der Waals surface area contributed by atoms with Crippen molar-refractivity contribution in [1.29, 1.82) is 0 Å². The fourth-order valence-corrected chi connectivity index (χ4v) is 12.0. The number of carbonyl (C=O) groups is 6. The molecule has 1 unspecified atom stereocenters. The first-order chi connectivity index (χ1) is 33.5. The standard InChI is InChI=1S/C47H44N6O16SSi/c1-5-16-48-42(55)28-7-14-38(52(60)61)30(19-28)24-67-45(58)50-32-9-12-35-40(22-32)71(3,4)41-23-33(10-13-36(41)47(35)37-21-27(26(2)54)6-11-34(37)44(57)69-47)51-46(59)68-25-31-20-29(8-15-39(31)53(62)63)43(56)49-17-18-70(64,65)66/h6-15,19-23H,5,16-18,24-25H2,1-4H3,(H,48,55)(H,49,56)(H,50,58)(H,51,59)(H,64,65,66). The summed E-state index contributed by atoms with van der Waals surface area (Å²) in [4.78, 5) is 101. The van der Waals surface area contributed by atoms with E-state index in [0.717, 1.165) is 24.3 Å². The van der Waals surface area contributed by atoms with Gasteiger partial charge in [-0.05, 0) is 84.4 Å². The van der Waals surface area contributed by atoms with Crippen LogP contribution in [0.15, 0.2) is 91.0 Å². The smallest absolute Gasteiger partial charge is 0.411 e. The van der Waals surface area contributed by atoms with Gasteiger partial charge in [0, 0.05) is 70.0 Å². The summed E-state index contributed by atoms with van der Waals surface area (Å²) in [5.41, 5.74) is -0.367. The third-order valence-electron chi connectivity index (χ3n) is 11.9. The van der Waals surface area contributed by atoms with Crippen LogP contribution < -0.4 is 31.6 Å². The summed E-state index contributed by atoms with van der Waals surface area (Å²) >= 11 is 0. The van der Waals surface area contributed by atoms with Crippen LogP contribution in [0.25, 0.3) is 0 Å². The summed E-state index contributed by atoms with van der Waals surface area (Å²) in [5.74, 6) is -3.01. The van der Waals surface area contributed by atoms with Gasteiger partial charge in [-0.2, -0.15) is 8.42 Å². The van der Waals surface area contributed by atoms with Gasteiger partial charge in [0.2, 0.25) is 0 Å². The van der Waals surface area contributed by atoms with Crippen molar-refractivity contribution < 1.29 is 65.8 Å². The molecule has 5 aromatic rings. The number of benzene rings is 5. The molecule has 1 atom stereocenters. The highest BCUT2D eigenvalue weighted by molar-refractivity contribution is 7.85. The SMILES string of the molecule is CCCNC(=O)c1ccc([N+](=O)[O-])c(COC(=O)Nc2ccc3c(c2)[Si](C)(C)c2cc(NC(=O)OCc4cc(C(=O)NCCS(=O)(=O)O)ccc4[N+](=O)[O-])ccc2C32OC(=O)c3ccc(C(C)=O)cc32)c1. The molecular weight excluding hydrogens is 965 g/mol. The van der Waals surface area contributed by atoms with Crippen LogP contribution >= 0.6 is 0 Å². The topological polar surface area (TPSA) is 319 Å². The number of carbonyl (C=O) groups excluding carboxylic acids is 6. The summed E-state index contributed by atoms with van der Waals surface area (Å²) in [6, 6.07) is 21.3. The molecule has 0 aliphatic carbocycles. The molecule has 0 fully saturated rings.